The topological polar surface area (TPSA) is 0 Å². The van der Waals surface area contributed by atoms with E-state index in [1.807, 2.05) is 0 Å². The SMILES string of the molecule is CCC(CC)C(CC(C)C(C)(C)C)C(CC)CC. The third-order valence-corrected chi connectivity index (χ3v) is 5.41. The predicted molar refractivity (Wildman–Crippen MR) is 84.9 cm³/mol. The van der Waals surface area contributed by atoms with Crippen LogP contribution in [0.15, 0.2) is 0 Å². The summed E-state index contributed by atoms with van der Waals surface area (Å²) in [5.74, 6) is 3.62. The summed E-state index contributed by atoms with van der Waals surface area (Å²) in [6.07, 6.45) is 6.84. The van der Waals surface area contributed by atoms with E-state index in [1.54, 1.807) is 0 Å². The van der Waals surface area contributed by atoms with Crippen LogP contribution in [0.1, 0.15) is 87.5 Å². The molecule has 0 rings (SSSR count). The molecule has 18 heavy (non-hydrogen) atoms. The van der Waals surface area contributed by atoms with Gasteiger partial charge in [0.2, 0.25) is 0 Å². The molecule has 0 aliphatic carbocycles. The van der Waals surface area contributed by atoms with Crippen molar-refractivity contribution >= 4 is 0 Å². The molecular formula is C18H38. The third-order valence-electron chi connectivity index (χ3n) is 5.41. The highest BCUT2D eigenvalue weighted by Crippen LogP contribution is 2.40. The van der Waals surface area contributed by atoms with Gasteiger partial charge in [0.05, 0.1) is 0 Å². The molecule has 0 radical (unpaired) electrons. The quantitative estimate of drug-likeness (QED) is 0.461. The summed E-state index contributed by atoms with van der Waals surface area (Å²) in [6, 6.07) is 0. The van der Waals surface area contributed by atoms with E-state index >= 15 is 0 Å². The lowest BCUT2D eigenvalue weighted by Crippen LogP contribution is -2.28. The van der Waals surface area contributed by atoms with Crippen molar-refractivity contribution in [2.45, 2.75) is 87.5 Å². The molecule has 0 N–H and O–H groups in total. The molecule has 1 atom stereocenters. The van der Waals surface area contributed by atoms with Gasteiger partial charge in [0.1, 0.15) is 0 Å². The van der Waals surface area contributed by atoms with Gasteiger partial charge in [-0.3, -0.25) is 0 Å². The zero-order chi connectivity index (χ0) is 14.3. The Hall–Kier alpha value is 0. The molecule has 0 heteroatoms. The van der Waals surface area contributed by atoms with E-state index < -0.39 is 0 Å². The van der Waals surface area contributed by atoms with Gasteiger partial charge in [-0.05, 0) is 35.5 Å². The third kappa shape index (κ3) is 5.33. The van der Waals surface area contributed by atoms with Gasteiger partial charge in [-0.2, -0.15) is 0 Å². The summed E-state index contributed by atoms with van der Waals surface area (Å²) in [5, 5.41) is 0. The maximum atomic E-state index is 2.46. The van der Waals surface area contributed by atoms with Crippen molar-refractivity contribution in [3.05, 3.63) is 0 Å². The first kappa shape index (κ1) is 18.0. The number of hydrogen-bond acceptors (Lipinski definition) is 0. The molecule has 0 amide bonds. The Morgan fingerprint density at radius 1 is 0.722 bits per heavy atom. The molecule has 0 saturated carbocycles. The second kappa shape index (κ2) is 8.23. The smallest absolute Gasteiger partial charge is 0.0355 e. The standard InChI is InChI=1S/C18H38/c1-9-15(10-2)17(16(11-3)12-4)13-14(5)18(6,7)8/h14-17H,9-13H2,1-8H3. The summed E-state index contributed by atoms with van der Waals surface area (Å²) in [7, 11) is 0. The van der Waals surface area contributed by atoms with E-state index in [4.69, 9.17) is 0 Å². The Morgan fingerprint density at radius 2 is 1.06 bits per heavy atom. The number of rotatable bonds is 8. The molecule has 0 aliphatic heterocycles. The Balaban J connectivity index is 4.86. The first-order valence-corrected chi connectivity index (χ1v) is 8.31. The molecule has 0 fully saturated rings. The maximum absolute atomic E-state index is 2.46. The molecule has 1 unspecified atom stereocenters. The predicted octanol–water partition coefficient (Wildman–Crippen LogP) is 6.55. The summed E-state index contributed by atoms with van der Waals surface area (Å²) in [6.45, 7) is 19.2. The first-order chi connectivity index (χ1) is 8.31. The van der Waals surface area contributed by atoms with Gasteiger partial charge in [-0.25, -0.2) is 0 Å². The number of hydrogen-bond donors (Lipinski definition) is 0. The zero-order valence-corrected chi connectivity index (χ0v) is 14.3. The summed E-state index contributed by atoms with van der Waals surface area (Å²) >= 11 is 0. The average Bonchev–Trinajstić information content (AvgIpc) is 2.30. The van der Waals surface area contributed by atoms with Crippen molar-refractivity contribution in [3.63, 3.8) is 0 Å². The van der Waals surface area contributed by atoms with Crippen LogP contribution in [-0.2, 0) is 0 Å². The van der Waals surface area contributed by atoms with Crippen molar-refractivity contribution in [2.75, 3.05) is 0 Å². The molecule has 110 valence electrons. The van der Waals surface area contributed by atoms with Crippen molar-refractivity contribution in [3.8, 4) is 0 Å². The van der Waals surface area contributed by atoms with Crippen LogP contribution < -0.4 is 0 Å². The van der Waals surface area contributed by atoms with Gasteiger partial charge < -0.3 is 0 Å². The fraction of sp³-hybridized carbons (Fsp3) is 1.00. The van der Waals surface area contributed by atoms with Gasteiger partial charge in [0, 0.05) is 0 Å². The molecular weight excluding hydrogens is 216 g/mol. The lowest BCUT2D eigenvalue weighted by atomic mass is 9.68. The van der Waals surface area contributed by atoms with Crippen molar-refractivity contribution in [1.82, 2.24) is 0 Å². The Morgan fingerprint density at radius 3 is 1.28 bits per heavy atom. The van der Waals surface area contributed by atoms with Crippen molar-refractivity contribution in [2.24, 2.45) is 29.1 Å². The highest BCUT2D eigenvalue weighted by Gasteiger charge is 2.30. The van der Waals surface area contributed by atoms with Gasteiger partial charge in [0.25, 0.3) is 0 Å². The molecule has 0 aromatic heterocycles. The lowest BCUT2D eigenvalue weighted by Gasteiger charge is -2.38. The highest BCUT2D eigenvalue weighted by atomic mass is 14.4. The second-order valence-electron chi connectivity index (χ2n) is 7.32. The molecule has 0 bridgehead atoms. The van der Waals surface area contributed by atoms with Crippen LogP contribution in [0.4, 0.5) is 0 Å². The minimum Gasteiger partial charge on any atom is -0.0651 e. The molecule has 0 aromatic carbocycles. The van der Waals surface area contributed by atoms with Crippen LogP contribution in [0.2, 0.25) is 0 Å². The fourth-order valence-corrected chi connectivity index (χ4v) is 3.32. The first-order valence-electron chi connectivity index (χ1n) is 8.31. The van der Waals surface area contributed by atoms with Crippen LogP contribution in [0.3, 0.4) is 0 Å². The Bertz CT molecular complexity index is 179. The van der Waals surface area contributed by atoms with Crippen LogP contribution in [0.25, 0.3) is 0 Å². The largest absolute Gasteiger partial charge is 0.0651 e. The maximum Gasteiger partial charge on any atom is -0.0355 e. The molecule has 0 saturated heterocycles. The van der Waals surface area contributed by atoms with Gasteiger partial charge in [-0.1, -0.05) is 81.1 Å². The van der Waals surface area contributed by atoms with E-state index in [2.05, 4.69) is 55.4 Å². The lowest BCUT2D eigenvalue weighted by molar-refractivity contribution is 0.124. The van der Waals surface area contributed by atoms with E-state index in [-0.39, 0.29) is 0 Å². The van der Waals surface area contributed by atoms with E-state index in [0.717, 1.165) is 23.7 Å². The second-order valence-corrected chi connectivity index (χ2v) is 7.32. The van der Waals surface area contributed by atoms with Crippen LogP contribution in [0.5, 0.6) is 0 Å². The monoisotopic (exact) mass is 254 g/mol. The van der Waals surface area contributed by atoms with E-state index in [0.29, 0.717) is 5.41 Å². The molecule has 0 aromatic rings. The van der Waals surface area contributed by atoms with Gasteiger partial charge in [-0.15, -0.1) is 0 Å². The summed E-state index contributed by atoms with van der Waals surface area (Å²) in [4.78, 5) is 0. The van der Waals surface area contributed by atoms with Gasteiger partial charge >= 0.3 is 0 Å². The minimum absolute atomic E-state index is 0.455. The van der Waals surface area contributed by atoms with Gasteiger partial charge in [0.15, 0.2) is 0 Å². The van der Waals surface area contributed by atoms with Crippen molar-refractivity contribution < 1.29 is 0 Å². The summed E-state index contributed by atoms with van der Waals surface area (Å²) in [5.41, 5.74) is 0.455. The van der Waals surface area contributed by atoms with Crippen LogP contribution in [-0.4, -0.2) is 0 Å². The van der Waals surface area contributed by atoms with E-state index in [1.165, 1.54) is 32.1 Å². The van der Waals surface area contributed by atoms with Crippen molar-refractivity contribution in [1.29, 1.82) is 0 Å². The Labute approximate surface area is 117 Å². The molecule has 0 aliphatic rings. The van der Waals surface area contributed by atoms with E-state index in [9.17, 15) is 0 Å². The van der Waals surface area contributed by atoms with Crippen LogP contribution >= 0.6 is 0 Å². The molecule has 0 nitrogen and oxygen atoms in total. The fourth-order valence-electron chi connectivity index (χ4n) is 3.32. The normalized spacial score (nSPS) is 14.8. The Kier molecular flexibility index (Phi) is 8.23. The highest BCUT2D eigenvalue weighted by molar-refractivity contribution is 4.80. The summed E-state index contributed by atoms with van der Waals surface area (Å²) < 4.78 is 0. The zero-order valence-electron chi connectivity index (χ0n) is 14.3. The minimum atomic E-state index is 0.455. The van der Waals surface area contributed by atoms with Crippen LogP contribution in [0, 0.1) is 29.1 Å². The average molecular weight is 255 g/mol. The molecule has 0 heterocycles. The molecule has 0 spiro atoms.